The van der Waals surface area contributed by atoms with Gasteiger partial charge in [0.2, 0.25) is 11.8 Å². The number of amides is 2. The molecule has 1 saturated heterocycles. The van der Waals surface area contributed by atoms with E-state index in [-0.39, 0.29) is 24.8 Å². The van der Waals surface area contributed by atoms with Crippen LogP contribution in [-0.2, 0) is 25.7 Å². The van der Waals surface area contributed by atoms with Gasteiger partial charge in [0.05, 0.1) is 19.6 Å². The van der Waals surface area contributed by atoms with Crippen molar-refractivity contribution in [2.75, 3.05) is 33.8 Å². The number of benzene rings is 1. The van der Waals surface area contributed by atoms with E-state index in [0.717, 1.165) is 5.56 Å². The Balaban J connectivity index is 2.02. The van der Waals surface area contributed by atoms with E-state index in [0.29, 0.717) is 19.6 Å². The lowest BCUT2D eigenvalue weighted by Gasteiger charge is -2.35. The second-order valence-electron chi connectivity index (χ2n) is 5.79. The largest absolute Gasteiger partial charge is 0.468 e. The van der Waals surface area contributed by atoms with Gasteiger partial charge in [-0.3, -0.25) is 19.3 Å². The smallest absolute Gasteiger partial charge is 0.325 e. The van der Waals surface area contributed by atoms with Crippen molar-refractivity contribution in [3.8, 4) is 0 Å². The van der Waals surface area contributed by atoms with Gasteiger partial charge in [0, 0.05) is 26.7 Å². The first kappa shape index (κ1) is 17.9. The Hall–Kier alpha value is -2.41. The van der Waals surface area contributed by atoms with Crippen molar-refractivity contribution in [1.29, 1.82) is 0 Å². The van der Waals surface area contributed by atoms with Gasteiger partial charge in [0.25, 0.3) is 0 Å². The van der Waals surface area contributed by atoms with Gasteiger partial charge in [-0.2, -0.15) is 0 Å². The van der Waals surface area contributed by atoms with Gasteiger partial charge in [0.15, 0.2) is 0 Å². The lowest BCUT2D eigenvalue weighted by molar-refractivity contribution is -0.147. The van der Waals surface area contributed by atoms with Gasteiger partial charge in [-0.15, -0.1) is 0 Å². The van der Waals surface area contributed by atoms with E-state index >= 15 is 0 Å². The highest BCUT2D eigenvalue weighted by Crippen LogP contribution is 2.14. The number of nitrogens with zero attached hydrogens (tertiary/aromatic N) is 2. The van der Waals surface area contributed by atoms with Crippen LogP contribution in [0.5, 0.6) is 0 Å². The highest BCUT2D eigenvalue weighted by molar-refractivity contribution is 5.90. The summed E-state index contributed by atoms with van der Waals surface area (Å²) in [6, 6.07) is 9.29. The standard InChI is InChI=1S/C17H23N3O4/c1-19(12-16(22)24-2)15(21)10-14-17(23)18-8-9-20(14)11-13-6-4-3-5-7-13/h3-7,14H,8-12H2,1-2H3,(H,18,23). The van der Waals surface area contributed by atoms with Gasteiger partial charge >= 0.3 is 5.97 Å². The quantitative estimate of drug-likeness (QED) is 0.742. The van der Waals surface area contributed by atoms with Crippen LogP contribution in [0, 0.1) is 0 Å². The molecule has 1 atom stereocenters. The molecule has 2 rings (SSSR count). The second kappa shape index (κ2) is 8.44. The van der Waals surface area contributed by atoms with Gasteiger partial charge in [-0.05, 0) is 5.56 Å². The molecule has 1 fully saturated rings. The number of rotatable bonds is 6. The fourth-order valence-corrected chi connectivity index (χ4v) is 2.66. The number of hydrogen-bond acceptors (Lipinski definition) is 5. The predicted octanol–water partition coefficient (Wildman–Crippen LogP) is 0.00850. The number of esters is 1. The molecular weight excluding hydrogens is 310 g/mol. The molecule has 2 amide bonds. The van der Waals surface area contributed by atoms with Gasteiger partial charge in [-0.1, -0.05) is 30.3 Å². The van der Waals surface area contributed by atoms with Gasteiger partial charge < -0.3 is 15.0 Å². The molecule has 24 heavy (non-hydrogen) atoms. The summed E-state index contributed by atoms with van der Waals surface area (Å²) in [6.45, 7) is 1.73. The van der Waals surface area contributed by atoms with Crippen molar-refractivity contribution in [3.63, 3.8) is 0 Å². The number of nitrogens with one attached hydrogen (secondary N) is 1. The van der Waals surface area contributed by atoms with E-state index in [1.807, 2.05) is 35.2 Å². The highest BCUT2D eigenvalue weighted by Gasteiger charge is 2.32. The summed E-state index contributed by atoms with van der Waals surface area (Å²) in [5.74, 6) is -0.905. The summed E-state index contributed by atoms with van der Waals surface area (Å²) in [5.41, 5.74) is 1.09. The van der Waals surface area contributed by atoms with E-state index in [9.17, 15) is 14.4 Å². The number of carbonyl (C=O) groups excluding carboxylic acids is 3. The predicted molar refractivity (Wildman–Crippen MR) is 87.9 cm³/mol. The molecule has 1 aromatic rings. The number of carbonyl (C=O) groups is 3. The van der Waals surface area contributed by atoms with E-state index in [1.165, 1.54) is 19.1 Å². The number of methoxy groups -OCH3 is 1. The summed E-state index contributed by atoms with van der Waals surface area (Å²) in [4.78, 5) is 39.1. The molecule has 0 saturated carbocycles. The molecule has 0 radical (unpaired) electrons. The Morgan fingerprint density at radius 2 is 2.04 bits per heavy atom. The Kier molecular flexibility index (Phi) is 6.31. The van der Waals surface area contributed by atoms with Crippen LogP contribution in [0.3, 0.4) is 0 Å². The molecule has 7 heteroatoms. The first-order valence-electron chi connectivity index (χ1n) is 7.87. The topological polar surface area (TPSA) is 78.9 Å². The third-order valence-corrected chi connectivity index (χ3v) is 4.06. The molecule has 1 aliphatic rings. The zero-order chi connectivity index (χ0) is 17.5. The van der Waals surface area contributed by atoms with E-state index < -0.39 is 12.0 Å². The number of ether oxygens (including phenoxy) is 1. The molecule has 0 spiro atoms. The molecule has 7 nitrogen and oxygen atoms in total. The molecule has 1 N–H and O–H groups in total. The first-order valence-corrected chi connectivity index (χ1v) is 7.87. The molecular formula is C17H23N3O4. The highest BCUT2D eigenvalue weighted by atomic mass is 16.5. The summed E-state index contributed by atoms with van der Waals surface area (Å²) < 4.78 is 4.56. The zero-order valence-electron chi connectivity index (χ0n) is 14.0. The molecule has 130 valence electrons. The van der Waals surface area contributed by atoms with Crippen molar-refractivity contribution < 1.29 is 19.1 Å². The molecule has 0 aliphatic carbocycles. The van der Waals surface area contributed by atoms with Gasteiger partial charge in [0.1, 0.15) is 6.54 Å². The summed E-state index contributed by atoms with van der Waals surface area (Å²) in [7, 11) is 2.80. The van der Waals surface area contributed by atoms with Crippen LogP contribution in [0.2, 0.25) is 0 Å². The average Bonchev–Trinajstić information content (AvgIpc) is 2.58. The van der Waals surface area contributed by atoms with Crippen LogP contribution in [0.15, 0.2) is 30.3 Å². The molecule has 1 aliphatic heterocycles. The third-order valence-electron chi connectivity index (χ3n) is 4.06. The molecule has 1 unspecified atom stereocenters. The SMILES string of the molecule is COC(=O)CN(C)C(=O)CC1C(=O)NCCN1Cc1ccccc1. The van der Waals surface area contributed by atoms with Crippen molar-refractivity contribution in [2.45, 2.75) is 19.0 Å². The van der Waals surface area contributed by atoms with Crippen molar-refractivity contribution in [2.24, 2.45) is 0 Å². The average molecular weight is 333 g/mol. The minimum Gasteiger partial charge on any atom is -0.468 e. The molecule has 0 bridgehead atoms. The Labute approximate surface area is 141 Å². The zero-order valence-corrected chi connectivity index (χ0v) is 14.0. The second-order valence-corrected chi connectivity index (χ2v) is 5.79. The van der Waals surface area contributed by atoms with Crippen LogP contribution in [0.4, 0.5) is 0 Å². The number of likely N-dealkylation sites (N-methyl/N-ethyl adjacent to an activating group) is 1. The van der Waals surface area contributed by atoms with Crippen LogP contribution >= 0.6 is 0 Å². The van der Waals surface area contributed by atoms with E-state index in [1.54, 1.807) is 0 Å². The monoisotopic (exact) mass is 333 g/mol. The fourth-order valence-electron chi connectivity index (χ4n) is 2.66. The summed E-state index contributed by atoms with van der Waals surface area (Å²) >= 11 is 0. The number of hydrogen-bond donors (Lipinski definition) is 1. The molecule has 1 aromatic carbocycles. The molecule has 0 aromatic heterocycles. The van der Waals surface area contributed by atoms with Gasteiger partial charge in [-0.25, -0.2) is 0 Å². The Morgan fingerprint density at radius 1 is 1.33 bits per heavy atom. The minimum absolute atomic E-state index is 0.0339. The first-order chi connectivity index (χ1) is 11.5. The summed E-state index contributed by atoms with van der Waals surface area (Å²) in [6.07, 6.45) is 0.0339. The minimum atomic E-state index is -0.536. The van der Waals surface area contributed by atoms with Crippen molar-refractivity contribution in [3.05, 3.63) is 35.9 Å². The normalized spacial score (nSPS) is 17.9. The lowest BCUT2D eigenvalue weighted by atomic mass is 10.1. The Bertz CT molecular complexity index is 591. The van der Waals surface area contributed by atoms with Crippen LogP contribution in [0.1, 0.15) is 12.0 Å². The fraction of sp³-hybridized carbons (Fsp3) is 0.471. The maximum atomic E-state index is 12.3. The van der Waals surface area contributed by atoms with Crippen molar-refractivity contribution in [1.82, 2.24) is 15.1 Å². The Morgan fingerprint density at radius 3 is 2.71 bits per heavy atom. The van der Waals surface area contributed by atoms with Crippen molar-refractivity contribution >= 4 is 17.8 Å². The lowest BCUT2D eigenvalue weighted by Crippen LogP contribution is -2.56. The van der Waals surface area contributed by atoms with E-state index in [4.69, 9.17) is 0 Å². The summed E-state index contributed by atoms with van der Waals surface area (Å²) in [5, 5.41) is 2.80. The number of piperazine rings is 1. The van der Waals surface area contributed by atoms with E-state index in [2.05, 4.69) is 10.1 Å². The van der Waals surface area contributed by atoms with Crippen LogP contribution in [0.25, 0.3) is 0 Å². The third kappa shape index (κ3) is 4.79. The van der Waals surface area contributed by atoms with Crippen LogP contribution < -0.4 is 5.32 Å². The van der Waals surface area contributed by atoms with Crippen LogP contribution in [-0.4, -0.2) is 67.4 Å². The maximum absolute atomic E-state index is 12.3. The molecule has 1 heterocycles. The maximum Gasteiger partial charge on any atom is 0.325 e.